The minimum Gasteiger partial charge on any atom is -0.417 e. The highest BCUT2D eigenvalue weighted by atomic mass is 28.4. The summed E-state index contributed by atoms with van der Waals surface area (Å²) in [6.45, 7) is 7.67. The number of unbranched alkanes of at least 4 members (excludes halogenated alkanes) is 3. The first-order valence-corrected chi connectivity index (χ1v) is 8.85. The SMILES string of the molecule is CC[Si](CC)(CC)OCCCCCC=O. The van der Waals surface area contributed by atoms with Gasteiger partial charge in [-0.1, -0.05) is 27.2 Å². The molecule has 0 unspecified atom stereocenters. The third-order valence-electron chi connectivity index (χ3n) is 3.31. The summed E-state index contributed by atoms with van der Waals surface area (Å²) in [5.74, 6) is 0. The Morgan fingerprint density at radius 3 is 2.07 bits per heavy atom. The predicted molar refractivity (Wildman–Crippen MR) is 67.7 cm³/mol. The van der Waals surface area contributed by atoms with Crippen LogP contribution in [0.4, 0.5) is 0 Å². The van der Waals surface area contributed by atoms with E-state index in [0.717, 1.165) is 32.2 Å². The van der Waals surface area contributed by atoms with Crippen LogP contribution in [0.3, 0.4) is 0 Å². The molecule has 3 heteroatoms. The molecule has 0 aliphatic carbocycles. The lowest BCUT2D eigenvalue weighted by atomic mass is 10.2. The highest BCUT2D eigenvalue weighted by Gasteiger charge is 2.27. The van der Waals surface area contributed by atoms with Crippen molar-refractivity contribution in [3.8, 4) is 0 Å². The van der Waals surface area contributed by atoms with E-state index in [1.165, 1.54) is 18.1 Å². The summed E-state index contributed by atoms with van der Waals surface area (Å²) in [5, 5.41) is 0. The van der Waals surface area contributed by atoms with Gasteiger partial charge in [-0.3, -0.25) is 0 Å². The van der Waals surface area contributed by atoms with Crippen LogP contribution in [-0.2, 0) is 9.22 Å². The Balaban J connectivity index is 3.58. The van der Waals surface area contributed by atoms with Crippen LogP contribution in [0.1, 0.15) is 46.5 Å². The Labute approximate surface area is 95.5 Å². The summed E-state index contributed by atoms with van der Waals surface area (Å²) < 4.78 is 6.11. The van der Waals surface area contributed by atoms with Crippen LogP contribution in [0.25, 0.3) is 0 Å². The van der Waals surface area contributed by atoms with E-state index in [2.05, 4.69) is 20.8 Å². The first kappa shape index (κ1) is 14.8. The van der Waals surface area contributed by atoms with Crippen molar-refractivity contribution in [1.29, 1.82) is 0 Å². The number of rotatable bonds is 10. The van der Waals surface area contributed by atoms with Gasteiger partial charge in [-0.15, -0.1) is 0 Å². The summed E-state index contributed by atoms with van der Waals surface area (Å²) >= 11 is 0. The maximum atomic E-state index is 10.1. The van der Waals surface area contributed by atoms with Gasteiger partial charge in [-0.25, -0.2) is 0 Å². The van der Waals surface area contributed by atoms with Crippen molar-refractivity contribution in [3.05, 3.63) is 0 Å². The zero-order valence-electron chi connectivity index (χ0n) is 10.6. The average Bonchev–Trinajstić information content (AvgIpc) is 2.29. The summed E-state index contributed by atoms with van der Waals surface area (Å²) in [6.07, 6.45) is 4.97. The van der Waals surface area contributed by atoms with Crippen LogP contribution in [0.15, 0.2) is 0 Å². The molecule has 90 valence electrons. The first-order chi connectivity index (χ1) is 7.24. The first-order valence-electron chi connectivity index (χ1n) is 6.32. The van der Waals surface area contributed by atoms with Gasteiger partial charge in [0, 0.05) is 13.0 Å². The van der Waals surface area contributed by atoms with Gasteiger partial charge in [0.25, 0.3) is 0 Å². The molecule has 0 aromatic carbocycles. The van der Waals surface area contributed by atoms with Crippen molar-refractivity contribution < 1.29 is 9.22 Å². The number of carbonyl (C=O) groups is 1. The summed E-state index contributed by atoms with van der Waals surface area (Å²) in [7, 11) is -1.36. The highest BCUT2D eigenvalue weighted by Crippen LogP contribution is 2.21. The summed E-state index contributed by atoms with van der Waals surface area (Å²) in [6, 6.07) is 3.69. The van der Waals surface area contributed by atoms with E-state index in [-0.39, 0.29) is 0 Å². The van der Waals surface area contributed by atoms with Gasteiger partial charge >= 0.3 is 0 Å². The Hall–Kier alpha value is -0.153. The lowest BCUT2D eigenvalue weighted by Crippen LogP contribution is -2.36. The van der Waals surface area contributed by atoms with Gasteiger partial charge < -0.3 is 9.22 Å². The van der Waals surface area contributed by atoms with Crippen molar-refractivity contribution >= 4 is 14.6 Å². The number of hydrogen-bond acceptors (Lipinski definition) is 2. The zero-order valence-corrected chi connectivity index (χ0v) is 11.6. The van der Waals surface area contributed by atoms with E-state index < -0.39 is 8.32 Å². The van der Waals surface area contributed by atoms with Crippen molar-refractivity contribution in [1.82, 2.24) is 0 Å². The molecule has 0 aliphatic heterocycles. The van der Waals surface area contributed by atoms with Crippen LogP contribution >= 0.6 is 0 Å². The van der Waals surface area contributed by atoms with E-state index in [4.69, 9.17) is 4.43 Å². The molecule has 0 atom stereocenters. The van der Waals surface area contributed by atoms with Gasteiger partial charge in [-0.2, -0.15) is 0 Å². The fraction of sp³-hybridized carbons (Fsp3) is 0.917. The minimum absolute atomic E-state index is 0.706. The van der Waals surface area contributed by atoms with Crippen LogP contribution in [-0.4, -0.2) is 21.2 Å². The van der Waals surface area contributed by atoms with Gasteiger partial charge in [0.05, 0.1) is 0 Å². The molecule has 0 spiro atoms. The zero-order chi connectivity index (χ0) is 11.6. The Kier molecular flexibility index (Phi) is 9.01. The van der Waals surface area contributed by atoms with E-state index in [1.54, 1.807) is 0 Å². The second-order valence-corrected chi connectivity index (χ2v) is 8.88. The van der Waals surface area contributed by atoms with Crippen molar-refractivity contribution in [2.24, 2.45) is 0 Å². The average molecular weight is 230 g/mol. The second kappa shape index (κ2) is 9.10. The topological polar surface area (TPSA) is 26.3 Å². The molecule has 0 aliphatic rings. The van der Waals surface area contributed by atoms with Crippen LogP contribution in [0, 0.1) is 0 Å². The predicted octanol–water partition coefficient (Wildman–Crippen LogP) is 3.77. The number of carbonyl (C=O) groups excluding carboxylic acids is 1. The summed E-state index contributed by atoms with van der Waals surface area (Å²) in [4.78, 5) is 10.1. The molecule has 0 saturated carbocycles. The number of aldehydes is 1. The quantitative estimate of drug-likeness (QED) is 0.324. The van der Waals surface area contributed by atoms with Crippen LogP contribution in [0.5, 0.6) is 0 Å². The van der Waals surface area contributed by atoms with E-state index >= 15 is 0 Å². The van der Waals surface area contributed by atoms with Crippen LogP contribution in [0.2, 0.25) is 18.1 Å². The standard InChI is InChI=1S/C12H26O2Si/c1-4-15(5-2,6-3)14-12-10-8-7-9-11-13/h11H,4-10,12H2,1-3H3. The number of hydrogen-bond donors (Lipinski definition) is 0. The molecule has 0 saturated heterocycles. The molecular weight excluding hydrogens is 204 g/mol. The Morgan fingerprint density at radius 1 is 1.00 bits per heavy atom. The third kappa shape index (κ3) is 6.10. The van der Waals surface area contributed by atoms with Gasteiger partial charge in [-0.05, 0) is 31.0 Å². The fourth-order valence-electron chi connectivity index (χ4n) is 1.85. The van der Waals surface area contributed by atoms with Crippen molar-refractivity contribution in [2.45, 2.75) is 64.6 Å². The normalized spacial score (nSPS) is 11.7. The molecule has 0 rings (SSSR count). The van der Waals surface area contributed by atoms with Gasteiger partial charge in [0.1, 0.15) is 6.29 Å². The second-order valence-electron chi connectivity index (χ2n) is 4.11. The smallest absolute Gasteiger partial charge is 0.191 e. The van der Waals surface area contributed by atoms with Gasteiger partial charge in [0.15, 0.2) is 8.32 Å². The third-order valence-corrected chi connectivity index (χ3v) is 7.99. The van der Waals surface area contributed by atoms with Gasteiger partial charge in [0.2, 0.25) is 0 Å². The van der Waals surface area contributed by atoms with Crippen molar-refractivity contribution in [3.63, 3.8) is 0 Å². The molecule has 0 heterocycles. The maximum absolute atomic E-state index is 10.1. The van der Waals surface area contributed by atoms with E-state index in [9.17, 15) is 4.79 Å². The maximum Gasteiger partial charge on any atom is 0.191 e. The molecule has 15 heavy (non-hydrogen) atoms. The Morgan fingerprint density at radius 2 is 1.60 bits per heavy atom. The largest absolute Gasteiger partial charge is 0.417 e. The molecule has 0 radical (unpaired) electrons. The molecule has 0 bridgehead atoms. The molecule has 2 nitrogen and oxygen atoms in total. The molecule has 0 amide bonds. The minimum atomic E-state index is -1.36. The van der Waals surface area contributed by atoms with E-state index in [1.807, 2.05) is 0 Å². The van der Waals surface area contributed by atoms with Crippen LogP contribution < -0.4 is 0 Å². The molecule has 0 fully saturated rings. The highest BCUT2D eigenvalue weighted by molar-refractivity contribution is 6.73. The lowest BCUT2D eigenvalue weighted by Gasteiger charge is -2.27. The molecule has 0 aromatic heterocycles. The molecular formula is C12H26O2Si. The lowest BCUT2D eigenvalue weighted by molar-refractivity contribution is -0.107. The summed E-state index contributed by atoms with van der Waals surface area (Å²) in [5.41, 5.74) is 0. The van der Waals surface area contributed by atoms with Crippen molar-refractivity contribution in [2.75, 3.05) is 6.61 Å². The van der Waals surface area contributed by atoms with E-state index in [0.29, 0.717) is 6.42 Å². The Bertz CT molecular complexity index is 147. The molecule has 0 aromatic rings. The monoisotopic (exact) mass is 230 g/mol. The molecule has 0 N–H and O–H groups in total. The fourth-order valence-corrected chi connectivity index (χ4v) is 4.54.